The smallest absolute Gasteiger partial charge is 0.269 e. The lowest BCUT2D eigenvalue weighted by Gasteiger charge is -2.22. The Balaban J connectivity index is 1.60. The standard InChI is InChI=1S/C26H33N7O4SSi/c1-32(38(35,36)20-9-7-12-28-17-20)21-10-6-5-8-19(21)16-30-26-23-22(11-13-29-26)33(31-24(23)25(27)34)18-37-14-15-39(2,3)4/h5-13,17H,14-16,18H2,1-4H3,(H2,27,34)(H,29,30). The van der Waals surface area contributed by atoms with Crippen LogP contribution in [0.3, 0.4) is 0 Å². The van der Waals surface area contributed by atoms with Gasteiger partial charge in [0, 0.05) is 46.9 Å². The van der Waals surface area contributed by atoms with Crippen LogP contribution in [0.4, 0.5) is 11.5 Å². The largest absolute Gasteiger partial charge is 0.365 e. The molecule has 3 N–H and O–H groups in total. The summed E-state index contributed by atoms with van der Waals surface area (Å²) in [6.45, 7) is 7.84. The van der Waals surface area contributed by atoms with E-state index in [0.29, 0.717) is 34.6 Å². The number of sulfonamides is 1. The molecule has 206 valence electrons. The summed E-state index contributed by atoms with van der Waals surface area (Å²) in [5, 5.41) is 8.13. The van der Waals surface area contributed by atoms with E-state index in [1.807, 2.05) is 12.1 Å². The molecule has 1 aromatic carbocycles. The molecule has 0 aliphatic heterocycles. The normalized spacial score (nSPS) is 12.0. The second-order valence-corrected chi connectivity index (χ2v) is 17.8. The van der Waals surface area contributed by atoms with E-state index in [9.17, 15) is 13.2 Å². The van der Waals surface area contributed by atoms with Crippen molar-refractivity contribution in [3.63, 3.8) is 0 Å². The molecule has 0 unspecified atom stereocenters. The van der Waals surface area contributed by atoms with Gasteiger partial charge in [-0.15, -0.1) is 0 Å². The number of carbonyl (C=O) groups is 1. The SMILES string of the molecule is CN(c1ccccc1CNc1nccc2c1c(C(N)=O)nn2COCC[Si](C)(C)C)S(=O)(=O)c1cccnc1. The molecule has 11 nitrogen and oxygen atoms in total. The fourth-order valence-corrected chi connectivity index (χ4v) is 5.95. The third-order valence-corrected chi connectivity index (χ3v) is 9.64. The van der Waals surface area contributed by atoms with Crippen molar-refractivity contribution < 1.29 is 17.9 Å². The Morgan fingerprint density at radius 1 is 1.13 bits per heavy atom. The van der Waals surface area contributed by atoms with Gasteiger partial charge in [0.1, 0.15) is 17.4 Å². The van der Waals surface area contributed by atoms with E-state index in [1.165, 1.54) is 29.8 Å². The molecule has 0 saturated heterocycles. The second kappa shape index (κ2) is 11.5. The zero-order valence-corrected chi connectivity index (χ0v) is 24.3. The van der Waals surface area contributed by atoms with E-state index in [2.05, 4.69) is 40.0 Å². The fourth-order valence-electron chi connectivity index (χ4n) is 3.99. The Morgan fingerprint density at radius 2 is 1.90 bits per heavy atom. The van der Waals surface area contributed by atoms with Crippen LogP contribution < -0.4 is 15.4 Å². The maximum absolute atomic E-state index is 13.2. The lowest BCUT2D eigenvalue weighted by molar-refractivity contribution is 0.0808. The first-order chi connectivity index (χ1) is 18.5. The maximum Gasteiger partial charge on any atom is 0.269 e. The number of primary amides is 1. The third kappa shape index (κ3) is 6.44. The molecule has 0 aliphatic carbocycles. The van der Waals surface area contributed by atoms with Crippen molar-refractivity contribution in [2.75, 3.05) is 23.3 Å². The fraction of sp³-hybridized carbons (Fsp3) is 0.308. The van der Waals surface area contributed by atoms with Gasteiger partial charge in [-0.2, -0.15) is 5.10 Å². The van der Waals surface area contributed by atoms with Crippen LogP contribution in [0.1, 0.15) is 16.1 Å². The molecule has 13 heteroatoms. The number of aromatic nitrogens is 4. The number of nitrogens with two attached hydrogens (primary N) is 1. The van der Waals surface area contributed by atoms with Crippen LogP contribution in [-0.4, -0.2) is 55.8 Å². The number of anilines is 2. The van der Waals surface area contributed by atoms with Gasteiger partial charge in [0.25, 0.3) is 15.9 Å². The molecule has 4 rings (SSSR count). The molecule has 0 atom stereocenters. The molecular weight excluding hydrogens is 534 g/mol. The third-order valence-electron chi connectivity index (χ3n) is 6.18. The molecule has 3 heterocycles. The summed E-state index contributed by atoms with van der Waals surface area (Å²) in [6.07, 6.45) is 4.45. The van der Waals surface area contributed by atoms with Crippen molar-refractivity contribution in [1.29, 1.82) is 0 Å². The summed E-state index contributed by atoms with van der Waals surface area (Å²) in [5.41, 5.74) is 7.59. The first kappa shape index (κ1) is 28.2. The van der Waals surface area contributed by atoms with Crippen LogP contribution in [0.15, 0.2) is 66.0 Å². The molecule has 0 spiro atoms. The van der Waals surface area contributed by atoms with E-state index in [1.54, 1.807) is 35.1 Å². The van der Waals surface area contributed by atoms with Gasteiger partial charge in [-0.1, -0.05) is 37.8 Å². The number of fused-ring (bicyclic) bond motifs is 1. The average Bonchev–Trinajstić information content (AvgIpc) is 3.29. The Hall–Kier alpha value is -3.81. The minimum absolute atomic E-state index is 0.0824. The van der Waals surface area contributed by atoms with Crippen molar-refractivity contribution in [2.24, 2.45) is 5.73 Å². The Labute approximate surface area is 229 Å². The summed E-state index contributed by atoms with van der Waals surface area (Å²) in [6, 6.07) is 13.0. The van der Waals surface area contributed by atoms with Crippen LogP contribution in [0, 0.1) is 0 Å². The highest BCUT2D eigenvalue weighted by molar-refractivity contribution is 7.92. The summed E-state index contributed by atoms with van der Waals surface area (Å²) < 4.78 is 35.1. The first-order valence-corrected chi connectivity index (χ1v) is 17.6. The maximum atomic E-state index is 13.2. The zero-order valence-electron chi connectivity index (χ0n) is 22.5. The Morgan fingerprint density at radius 3 is 2.59 bits per heavy atom. The molecule has 1 amide bonds. The molecule has 0 fully saturated rings. The number of amides is 1. The van der Waals surface area contributed by atoms with Crippen molar-refractivity contribution in [1.82, 2.24) is 19.7 Å². The minimum atomic E-state index is -3.83. The topological polar surface area (TPSA) is 145 Å². The lowest BCUT2D eigenvalue weighted by Crippen LogP contribution is -2.28. The number of hydrogen-bond acceptors (Lipinski definition) is 8. The second-order valence-electron chi connectivity index (χ2n) is 10.3. The van der Waals surface area contributed by atoms with E-state index >= 15 is 0 Å². The Kier molecular flexibility index (Phi) is 8.33. The van der Waals surface area contributed by atoms with Gasteiger partial charge in [0.05, 0.1) is 16.6 Å². The summed E-state index contributed by atoms with van der Waals surface area (Å²) >= 11 is 0. The highest BCUT2D eigenvalue weighted by Crippen LogP contribution is 2.29. The van der Waals surface area contributed by atoms with Crippen LogP contribution in [0.25, 0.3) is 10.9 Å². The zero-order chi connectivity index (χ0) is 28.2. The predicted molar refractivity (Wildman–Crippen MR) is 154 cm³/mol. The first-order valence-electron chi connectivity index (χ1n) is 12.4. The monoisotopic (exact) mass is 567 g/mol. The van der Waals surface area contributed by atoms with E-state index in [4.69, 9.17) is 10.5 Å². The van der Waals surface area contributed by atoms with Gasteiger partial charge in [-0.05, 0) is 35.9 Å². The molecule has 4 aromatic rings. The van der Waals surface area contributed by atoms with Gasteiger partial charge >= 0.3 is 0 Å². The van der Waals surface area contributed by atoms with Gasteiger partial charge in [-0.3, -0.25) is 14.1 Å². The number of rotatable bonds is 12. The molecular formula is C26H33N7O4SSi. The molecule has 0 radical (unpaired) electrons. The van der Waals surface area contributed by atoms with Gasteiger partial charge in [0.15, 0.2) is 5.69 Å². The lowest BCUT2D eigenvalue weighted by atomic mass is 10.1. The van der Waals surface area contributed by atoms with Crippen LogP contribution in [0.2, 0.25) is 25.7 Å². The number of para-hydroxylation sites is 1. The summed E-state index contributed by atoms with van der Waals surface area (Å²) in [7, 11) is -3.58. The van der Waals surface area contributed by atoms with Crippen molar-refractivity contribution >= 4 is 46.4 Å². The molecule has 0 saturated carbocycles. The number of benzene rings is 1. The summed E-state index contributed by atoms with van der Waals surface area (Å²) in [4.78, 5) is 20.7. The average molecular weight is 568 g/mol. The highest BCUT2D eigenvalue weighted by Gasteiger charge is 2.24. The number of nitrogens with one attached hydrogen (secondary N) is 1. The predicted octanol–water partition coefficient (Wildman–Crippen LogP) is 3.67. The number of nitrogens with zero attached hydrogens (tertiary/aromatic N) is 5. The van der Waals surface area contributed by atoms with Gasteiger partial charge < -0.3 is 15.8 Å². The summed E-state index contributed by atoms with van der Waals surface area (Å²) in [5.74, 6) is -0.276. The minimum Gasteiger partial charge on any atom is -0.365 e. The number of hydrogen-bond donors (Lipinski definition) is 2. The number of pyridine rings is 2. The van der Waals surface area contributed by atoms with Crippen molar-refractivity contribution in [3.05, 3.63) is 72.3 Å². The molecule has 3 aromatic heterocycles. The van der Waals surface area contributed by atoms with Crippen LogP contribution in [-0.2, 0) is 28.0 Å². The molecule has 39 heavy (non-hydrogen) atoms. The molecule has 0 bridgehead atoms. The quantitative estimate of drug-likeness (QED) is 0.195. The van der Waals surface area contributed by atoms with E-state index in [0.717, 1.165) is 6.04 Å². The Bertz CT molecular complexity index is 1570. The van der Waals surface area contributed by atoms with Crippen molar-refractivity contribution in [3.8, 4) is 0 Å². The van der Waals surface area contributed by atoms with Gasteiger partial charge in [-0.25, -0.2) is 18.1 Å². The van der Waals surface area contributed by atoms with Gasteiger partial charge in [0.2, 0.25) is 0 Å². The number of carbonyl (C=O) groups excluding carboxylic acids is 1. The van der Waals surface area contributed by atoms with E-state index < -0.39 is 24.0 Å². The van der Waals surface area contributed by atoms with Crippen LogP contribution in [0.5, 0.6) is 0 Å². The van der Waals surface area contributed by atoms with Crippen LogP contribution >= 0.6 is 0 Å². The van der Waals surface area contributed by atoms with E-state index in [-0.39, 0.29) is 23.9 Å². The molecule has 0 aliphatic rings. The van der Waals surface area contributed by atoms with Crippen molar-refractivity contribution in [2.45, 2.75) is 43.9 Å². The number of ether oxygens (including phenoxy) is 1. The highest BCUT2D eigenvalue weighted by atomic mass is 32.2.